The first-order valence-electron chi connectivity index (χ1n) is 13.1. The molecule has 4 aromatic rings. The Bertz CT molecular complexity index is 1700. The van der Waals surface area contributed by atoms with Crippen molar-refractivity contribution in [1.29, 1.82) is 0 Å². The van der Waals surface area contributed by atoms with Crippen LogP contribution < -0.4 is 9.64 Å². The number of amides is 1. The number of thiazole rings is 1. The first-order valence-corrected chi connectivity index (χ1v) is 13.9. The monoisotopic (exact) mass is 558 g/mol. The fourth-order valence-electron chi connectivity index (χ4n) is 4.94. The third kappa shape index (κ3) is 4.58. The molecule has 9 nitrogen and oxygen atoms in total. The largest absolute Gasteiger partial charge is 0.505 e. The van der Waals surface area contributed by atoms with Crippen LogP contribution in [0.3, 0.4) is 0 Å². The Morgan fingerprint density at radius 3 is 2.58 bits per heavy atom. The van der Waals surface area contributed by atoms with E-state index in [0.717, 1.165) is 29.7 Å². The maximum absolute atomic E-state index is 13.6. The number of fused-ring (bicyclic) bond motifs is 1. The highest BCUT2D eigenvalue weighted by Crippen LogP contribution is 2.44. The lowest BCUT2D eigenvalue weighted by atomic mass is 9.96. The molecule has 0 bridgehead atoms. The van der Waals surface area contributed by atoms with Gasteiger partial charge < -0.3 is 14.2 Å². The van der Waals surface area contributed by atoms with E-state index in [0.29, 0.717) is 39.8 Å². The summed E-state index contributed by atoms with van der Waals surface area (Å²) in [4.78, 5) is 50.2. The number of aliphatic hydroxyl groups excluding tert-OH is 1. The van der Waals surface area contributed by atoms with Gasteiger partial charge in [-0.1, -0.05) is 42.9 Å². The number of ether oxygens (including phenoxy) is 1. The molecular weight excluding hydrogens is 528 g/mol. The number of unbranched alkanes of at least 4 members (excludes halogenated alkanes) is 1. The van der Waals surface area contributed by atoms with E-state index in [2.05, 4.69) is 16.9 Å². The molecule has 206 valence electrons. The number of ketones is 2. The highest BCUT2D eigenvalue weighted by Gasteiger charge is 2.49. The summed E-state index contributed by atoms with van der Waals surface area (Å²) < 4.78 is 7.74. The third-order valence-corrected chi connectivity index (χ3v) is 8.26. The summed E-state index contributed by atoms with van der Waals surface area (Å²) in [6.07, 6.45) is 3.68. The lowest BCUT2D eigenvalue weighted by Gasteiger charge is -2.23. The molecule has 3 aromatic heterocycles. The van der Waals surface area contributed by atoms with E-state index in [1.54, 1.807) is 32.0 Å². The number of aliphatic hydroxyl groups is 1. The molecule has 1 aromatic carbocycles. The van der Waals surface area contributed by atoms with Crippen molar-refractivity contribution in [2.24, 2.45) is 0 Å². The molecule has 0 spiro atoms. The van der Waals surface area contributed by atoms with Crippen molar-refractivity contribution in [2.75, 3.05) is 11.5 Å². The molecular formula is C30H30N4O5S. The second kappa shape index (κ2) is 10.7. The van der Waals surface area contributed by atoms with Crippen LogP contribution in [-0.2, 0) is 9.59 Å². The Kier molecular flexibility index (Phi) is 7.29. The minimum atomic E-state index is -1.01. The van der Waals surface area contributed by atoms with Crippen LogP contribution in [0.4, 0.5) is 5.13 Å². The summed E-state index contributed by atoms with van der Waals surface area (Å²) in [5, 5.41) is 11.9. The molecule has 1 atom stereocenters. The summed E-state index contributed by atoms with van der Waals surface area (Å²) in [5.41, 5.74) is 3.31. The van der Waals surface area contributed by atoms with Crippen LogP contribution in [0.25, 0.3) is 11.4 Å². The summed E-state index contributed by atoms with van der Waals surface area (Å²) in [6.45, 7) is 9.42. The van der Waals surface area contributed by atoms with E-state index in [1.165, 1.54) is 11.8 Å². The number of hydrogen-bond donors (Lipinski definition) is 1. The van der Waals surface area contributed by atoms with Crippen LogP contribution in [0.2, 0.25) is 0 Å². The van der Waals surface area contributed by atoms with E-state index < -0.39 is 17.7 Å². The molecule has 0 saturated carbocycles. The van der Waals surface area contributed by atoms with Gasteiger partial charge in [-0.25, -0.2) is 9.97 Å². The lowest BCUT2D eigenvalue weighted by Crippen LogP contribution is -2.29. The van der Waals surface area contributed by atoms with Crippen LogP contribution >= 0.6 is 11.3 Å². The van der Waals surface area contributed by atoms with Gasteiger partial charge in [0, 0.05) is 13.1 Å². The Morgan fingerprint density at radius 1 is 1.12 bits per heavy atom. The standard InChI is InChI=1S/C30H30N4O5S/c1-6-7-14-39-21-12-8-11-20(15-21)24-22(25(36)23-18(4)33-13-9-10-16(2)28(33)32-23)26(37)29(38)34(24)30-31-17(3)27(40-30)19(5)35/h8-13,15,24,36H,6-7,14H2,1-5H3/b25-22+. The number of rotatable bonds is 8. The van der Waals surface area contributed by atoms with Gasteiger partial charge in [-0.05, 0) is 56.5 Å². The van der Waals surface area contributed by atoms with Gasteiger partial charge >= 0.3 is 5.91 Å². The van der Waals surface area contributed by atoms with Gasteiger partial charge in [0.25, 0.3) is 5.78 Å². The number of aromatic nitrogens is 3. The first-order chi connectivity index (χ1) is 19.1. The van der Waals surface area contributed by atoms with Crippen LogP contribution in [0.1, 0.15) is 70.6 Å². The minimum Gasteiger partial charge on any atom is -0.505 e. The van der Waals surface area contributed by atoms with E-state index in [1.807, 2.05) is 35.7 Å². The molecule has 1 aliphatic heterocycles. The quantitative estimate of drug-likeness (QED) is 0.0967. The Labute approximate surface area is 235 Å². The predicted octanol–water partition coefficient (Wildman–Crippen LogP) is 5.72. The number of pyridine rings is 1. The second-order valence-electron chi connectivity index (χ2n) is 9.84. The highest BCUT2D eigenvalue weighted by atomic mass is 32.1. The number of imidazole rings is 1. The van der Waals surface area contributed by atoms with Crippen molar-refractivity contribution in [1.82, 2.24) is 14.4 Å². The van der Waals surface area contributed by atoms with Gasteiger partial charge in [-0.15, -0.1) is 0 Å². The average molecular weight is 559 g/mol. The topological polar surface area (TPSA) is 114 Å². The Morgan fingerprint density at radius 2 is 1.90 bits per heavy atom. The van der Waals surface area contributed by atoms with Gasteiger partial charge in [-0.3, -0.25) is 19.3 Å². The van der Waals surface area contributed by atoms with E-state index in [4.69, 9.17) is 4.74 Å². The smallest absolute Gasteiger partial charge is 0.301 e. The van der Waals surface area contributed by atoms with Crippen molar-refractivity contribution < 1.29 is 24.2 Å². The first kappa shape index (κ1) is 27.3. The molecule has 1 fully saturated rings. The average Bonchev–Trinajstić information content (AvgIpc) is 3.56. The number of Topliss-reactive ketones (excluding diaryl/α,β-unsaturated/α-hetero) is 2. The van der Waals surface area contributed by atoms with Gasteiger partial charge in [-0.2, -0.15) is 0 Å². The molecule has 0 radical (unpaired) electrons. The molecule has 1 unspecified atom stereocenters. The van der Waals surface area contributed by atoms with Crippen molar-refractivity contribution >= 4 is 45.3 Å². The van der Waals surface area contributed by atoms with Crippen LogP contribution in [0.5, 0.6) is 5.75 Å². The van der Waals surface area contributed by atoms with Gasteiger partial charge in [0.1, 0.15) is 17.1 Å². The SMILES string of the molecule is CCCCOc1cccc(C2/C(=C(\O)c3nc4c(C)cccn4c3C)C(=O)C(=O)N2c2nc(C)c(C(C)=O)s2)c1. The number of carbonyl (C=O) groups excluding carboxylic acids is 3. The van der Waals surface area contributed by atoms with Crippen molar-refractivity contribution in [3.8, 4) is 5.75 Å². The van der Waals surface area contributed by atoms with Crippen LogP contribution in [0, 0.1) is 20.8 Å². The zero-order chi connectivity index (χ0) is 28.7. The predicted molar refractivity (Wildman–Crippen MR) is 153 cm³/mol. The normalized spacial score (nSPS) is 16.7. The molecule has 40 heavy (non-hydrogen) atoms. The molecule has 1 saturated heterocycles. The maximum Gasteiger partial charge on any atom is 0.301 e. The van der Waals surface area contributed by atoms with Crippen molar-refractivity contribution in [2.45, 2.75) is 53.5 Å². The fourth-order valence-corrected chi connectivity index (χ4v) is 5.93. The number of benzene rings is 1. The van der Waals surface area contributed by atoms with E-state index in [-0.39, 0.29) is 27.9 Å². The fraction of sp³-hybridized carbons (Fsp3) is 0.300. The summed E-state index contributed by atoms with van der Waals surface area (Å²) in [6, 6.07) is 9.90. The summed E-state index contributed by atoms with van der Waals surface area (Å²) in [7, 11) is 0. The van der Waals surface area contributed by atoms with Gasteiger partial charge in [0.05, 0.1) is 34.5 Å². The number of anilines is 1. The molecule has 1 N–H and O–H groups in total. The van der Waals surface area contributed by atoms with E-state index in [9.17, 15) is 19.5 Å². The third-order valence-electron chi connectivity index (χ3n) is 7.00. The van der Waals surface area contributed by atoms with Gasteiger partial charge in [0.15, 0.2) is 16.7 Å². The minimum absolute atomic E-state index is 0.0999. The second-order valence-corrected chi connectivity index (χ2v) is 10.8. The molecule has 5 rings (SSSR count). The maximum atomic E-state index is 13.6. The number of hydrogen-bond acceptors (Lipinski definition) is 8. The van der Waals surface area contributed by atoms with Crippen LogP contribution in [0.15, 0.2) is 48.2 Å². The van der Waals surface area contributed by atoms with E-state index >= 15 is 0 Å². The number of aryl methyl sites for hydroxylation is 3. The summed E-state index contributed by atoms with van der Waals surface area (Å²) in [5.74, 6) is -1.67. The molecule has 4 heterocycles. The zero-order valence-electron chi connectivity index (χ0n) is 23.0. The van der Waals surface area contributed by atoms with Crippen molar-refractivity contribution in [3.05, 3.63) is 81.3 Å². The number of nitrogens with zero attached hydrogens (tertiary/aromatic N) is 4. The lowest BCUT2D eigenvalue weighted by molar-refractivity contribution is -0.132. The molecule has 1 amide bonds. The molecule has 0 aliphatic carbocycles. The number of carbonyl (C=O) groups is 3. The highest BCUT2D eigenvalue weighted by molar-refractivity contribution is 7.18. The zero-order valence-corrected chi connectivity index (χ0v) is 23.8. The summed E-state index contributed by atoms with van der Waals surface area (Å²) >= 11 is 1.05. The van der Waals surface area contributed by atoms with Crippen molar-refractivity contribution in [3.63, 3.8) is 0 Å². The Balaban J connectivity index is 1.72. The Hall–Kier alpha value is -4.31. The van der Waals surface area contributed by atoms with Crippen LogP contribution in [-0.4, -0.2) is 43.6 Å². The molecule has 10 heteroatoms. The molecule has 1 aliphatic rings. The van der Waals surface area contributed by atoms with Gasteiger partial charge in [0.2, 0.25) is 0 Å².